The number of sulfonamides is 1. The summed E-state index contributed by atoms with van der Waals surface area (Å²) in [5.41, 5.74) is 1.75. The summed E-state index contributed by atoms with van der Waals surface area (Å²) in [6.07, 6.45) is 0. The lowest BCUT2D eigenvalue weighted by Gasteiger charge is -2.17. The lowest BCUT2D eigenvalue weighted by molar-refractivity contribution is -0.139. The van der Waals surface area contributed by atoms with Gasteiger partial charge in [-0.15, -0.1) is 0 Å². The third-order valence-electron chi connectivity index (χ3n) is 4.70. The number of ether oxygens (including phenoxy) is 2. The maximum absolute atomic E-state index is 13.1. The Kier molecular flexibility index (Phi) is 7.84. The van der Waals surface area contributed by atoms with E-state index < -0.39 is 22.6 Å². The molecule has 3 rings (SSSR count). The van der Waals surface area contributed by atoms with Crippen LogP contribution < -0.4 is 14.2 Å². The molecule has 3 aromatic carbocycles. The minimum atomic E-state index is -3.86. The van der Waals surface area contributed by atoms with Gasteiger partial charge in [-0.25, -0.2) is 13.2 Å². The number of aliphatic carboxylic acids is 1. The summed E-state index contributed by atoms with van der Waals surface area (Å²) in [6, 6.07) is 18.2. The second-order valence-corrected chi connectivity index (χ2v) is 9.64. The highest BCUT2D eigenvalue weighted by Crippen LogP contribution is 2.32. The van der Waals surface area contributed by atoms with Crippen LogP contribution in [0.25, 0.3) is 0 Å². The van der Waals surface area contributed by atoms with Crippen molar-refractivity contribution in [3.8, 4) is 11.5 Å². The van der Waals surface area contributed by atoms with Gasteiger partial charge in [-0.2, -0.15) is 0 Å². The molecule has 2 N–H and O–H groups in total. The van der Waals surface area contributed by atoms with Crippen molar-refractivity contribution in [3.63, 3.8) is 0 Å². The zero-order chi connectivity index (χ0) is 24.0. The van der Waals surface area contributed by atoms with Crippen molar-refractivity contribution in [2.45, 2.75) is 31.3 Å². The van der Waals surface area contributed by atoms with Crippen molar-refractivity contribution in [1.82, 2.24) is 0 Å². The zero-order valence-electron chi connectivity index (χ0n) is 18.1. The van der Waals surface area contributed by atoms with Crippen LogP contribution >= 0.6 is 11.6 Å². The van der Waals surface area contributed by atoms with E-state index in [1.165, 1.54) is 6.07 Å². The van der Waals surface area contributed by atoms with E-state index in [0.29, 0.717) is 16.3 Å². The van der Waals surface area contributed by atoms with Crippen molar-refractivity contribution in [1.29, 1.82) is 0 Å². The quantitative estimate of drug-likeness (QED) is 0.400. The van der Waals surface area contributed by atoms with E-state index in [9.17, 15) is 13.2 Å². The van der Waals surface area contributed by atoms with Gasteiger partial charge in [-0.05, 0) is 47.4 Å². The van der Waals surface area contributed by atoms with Gasteiger partial charge in [0.25, 0.3) is 10.0 Å². The van der Waals surface area contributed by atoms with Crippen LogP contribution in [0.3, 0.4) is 0 Å². The maximum atomic E-state index is 13.1. The molecule has 0 bridgehead atoms. The summed E-state index contributed by atoms with van der Waals surface area (Å²) in [4.78, 5) is 10.8. The molecule has 0 saturated carbocycles. The Bertz CT molecular complexity index is 1230. The highest BCUT2D eigenvalue weighted by Gasteiger charge is 2.21. The van der Waals surface area contributed by atoms with Gasteiger partial charge >= 0.3 is 5.97 Å². The highest BCUT2D eigenvalue weighted by molar-refractivity contribution is 7.92. The number of hydrogen-bond donors (Lipinski definition) is 2. The molecule has 0 spiro atoms. The Hall–Kier alpha value is -3.23. The SMILES string of the molecule is CC(C)c1ccccc1S(=O)(=O)Nc1ccc(Cl)cc1OCc1ccc(OCC(=O)O)cc1. The molecule has 0 radical (unpaired) electrons. The van der Waals surface area contributed by atoms with Gasteiger partial charge in [-0.3, -0.25) is 4.72 Å². The van der Waals surface area contributed by atoms with Crippen LogP contribution in [0.2, 0.25) is 5.02 Å². The fourth-order valence-corrected chi connectivity index (χ4v) is 4.69. The second-order valence-electron chi connectivity index (χ2n) is 7.55. The first-order chi connectivity index (χ1) is 15.7. The lowest BCUT2D eigenvalue weighted by atomic mass is 10.0. The number of nitrogens with one attached hydrogen (secondary N) is 1. The molecule has 0 aliphatic rings. The maximum Gasteiger partial charge on any atom is 0.341 e. The molecule has 0 amide bonds. The van der Waals surface area contributed by atoms with Crippen molar-refractivity contribution >= 4 is 33.3 Å². The summed E-state index contributed by atoms with van der Waals surface area (Å²) < 4.78 is 39.8. The third-order valence-corrected chi connectivity index (χ3v) is 6.37. The lowest BCUT2D eigenvalue weighted by Crippen LogP contribution is -2.16. The Labute approximate surface area is 198 Å². The van der Waals surface area contributed by atoms with Gasteiger partial charge in [0.1, 0.15) is 18.1 Å². The Balaban J connectivity index is 1.78. The molecule has 0 atom stereocenters. The minimum absolute atomic E-state index is 0.0289. The predicted octanol–water partition coefficient (Wildman–Crippen LogP) is 5.31. The van der Waals surface area contributed by atoms with Crippen LogP contribution in [-0.4, -0.2) is 26.1 Å². The summed E-state index contributed by atoms with van der Waals surface area (Å²) >= 11 is 6.11. The molecule has 0 aliphatic heterocycles. The standard InChI is InChI=1S/C24H24ClNO6S/c1-16(2)20-5-3-4-6-23(20)33(29,30)26-21-12-9-18(25)13-22(21)32-14-17-7-10-19(11-8-17)31-15-24(27)28/h3-13,16,26H,14-15H2,1-2H3,(H,27,28). The van der Waals surface area contributed by atoms with Crippen LogP contribution in [0.15, 0.2) is 71.6 Å². The van der Waals surface area contributed by atoms with Crippen LogP contribution in [-0.2, 0) is 21.4 Å². The molecule has 0 heterocycles. The van der Waals surface area contributed by atoms with E-state index in [0.717, 1.165) is 5.56 Å². The normalized spacial score (nSPS) is 11.3. The van der Waals surface area contributed by atoms with Gasteiger partial charge in [0.15, 0.2) is 6.61 Å². The smallest absolute Gasteiger partial charge is 0.341 e. The molecular formula is C24H24ClNO6S. The monoisotopic (exact) mass is 489 g/mol. The molecule has 0 unspecified atom stereocenters. The van der Waals surface area contributed by atoms with Crippen LogP contribution in [0, 0.1) is 0 Å². The van der Waals surface area contributed by atoms with Crippen molar-refractivity contribution < 1.29 is 27.8 Å². The molecule has 0 aromatic heterocycles. The van der Waals surface area contributed by atoms with E-state index in [1.807, 2.05) is 19.9 Å². The molecule has 0 aliphatic carbocycles. The zero-order valence-corrected chi connectivity index (χ0v) is 19.7. The number of carbonyl (C=O) groups is 1. The van der Waals surface area contributed by atoms with Crippen molar-refractivity contribution in [2.24, 2.45) is 0 Å². The van der Waals surface area contributed by atoms with Gasteiger partial charge < -0.3 is 14.6 Å². The van der Waals surface area contributed by atoms with E-state index in [4.69, 9.17) is 26.2 Å². The van der Waals surface area contributed by atoms with Crippen molar-refractivity contribution in [3.05, 3.63) is 82.9 Å². The molecule has 7 nitrogen and oxygen atoms in total. The first kappa shape index (κ1) is 24.4. The predicted molar refractivity (Wildman–Crippen MR) is 127 cm³/mol. The Morgan fingerprint density at radius 1 is 1.03 bits per heavy atom. The van der Waals surface area contributed by atoms with Gasteiger partial charge in [0.2, 0.25) is 0 Å². The average molecular weight is 490 g/mol. The molecular weight excluding hydrogens is 466 g/mol. The second kappa shape index (κ2) is 10.6. The first-order valence-electron chi connectivity index (χ1n) is 10.1. The Morgan fingerprint density at radius 2 is 1.73 bits per heavy atom. The topological polar surface area (TPSA) is 102 Å². The van der Waals surface area contributed by atoms with E-state index in [1.54, 1.807) is 54.6 Å². The summed E-state index contributed by atoms with van der Waals surface area (Å²) in [5.74, 6) is -0.337. The van der Waals surface area contributed by atoms with Crippen LogP contribution in [0.4, 0.5) is 5.69 Å². The van der Waals surface area contributed by atoms with E-state index in [2.05, 4.69) is 4.72 Å². The minimum Gasteiger partial charge on any atom is -0.487 e. The number of benzene rings is 3. The summed E-state index contributed by atoms with van der Waals surface area (Å²) in [7, 11) is -3.86. The number of rotatable bonds is 10. The fourth-order valence-electron chi connectivity index (χ4n) is 3.09. The molecule has 0 fully saturated rings. The van der Waals surface area contributed by atoms with Crippen molar-refractivity contribution in [2.75, 3.05) is 11.3 Å². The van der Waals surface area contributed by atoms with Gasteiger partial charge in [0.05, 0.1) is 10.6 Å². The highest BCUT2D eigenvalue weighted by atomic mass is 35.5. The Morgan fingerprint density at radius 3 is 2.39 bits per heavy atom. The van der Waals surface area contributed by atoms with Crippen LogP contribution in [0.1, 0.15) is 30.9 Å². The molecule has 9 heteroatoms. The molecule has 174 valence electrons. The number of anilines is 1. The first-order valence-corrected chi connectivity index (χ1v) is 12.0. The summed E-state index contributed by atoms with van der Waals surface area (Å²) in [5, 5.41) is 9.08. The average Bonchev–Trinajstić information content (AvgIpc) is 2.78. The summed E-state index contributed by atoms with van der Waals surface area (Å²) in [6.45, 7) is 3.57. The number of carboxylic acids is 1. The van der Waals surface area contributed by atoms with Crippen LogP contribution in [0.5, 0.6) is 11.5 Å². The van der Waals surface area contributed by atoms with Gasteiger partial charge in [-0.1, -0.05) is 55.8 Å². The largest absolute Gasteiger partial charge is 0.487 e. The van der Waals surface area contributed by atoms with E-state index >= 15 is 0 Å². The van der Waals surface area contributed by atoms with Gasteiger partial charge in [0, 0.05) is 11.1 Å². The third kappa shape index (κ3) is 6.63. The molecule has 0 saturated heterocycles. The molecule has 33 heavy (non-hydrogen) atoms. The number of halogens is 1. The fraction of sp³-hybridized carbons (Fsp3) is 0.208. The van der Waals surface area contributed by atoms with E-state index in [-0.39, 0.29) is 28.9 Å². The number of carboxylic acid groups (broad SMARTS) is 1. The number of hydrogen-bond acceptors (Lipinski definition) is 5. The molecule has 3 aromatic rings.